The molecule has 0 radical (unpaired) electrons. The maximum atomic E-state index is 11.4. The van der Waals surface area contributed by atoms with Gasteiger partial charge in [-0.15, -0.1) is 0 Å². The number of benzene rings is 2. The third-order valence-corrected chi connectivity index (χ3v) is 4.11. The number of aliphatic hydroxyl groups is 1. The summed E-state index contributed by atoms with van der Waals surface area (Å²) in [6, 6.07) is 12.0. The normalized spacial score (nSPS) is 17.0. The molecule has 124 valence electrons. The summed E-state index contributed by atoms with van der Waals surface area (Å²) in [5.41, 5.74) is 2.46. The number of fused-ring (bicyclic) bond motifs is 2. The molecule has 2 aromatic rings. The maximum Gasteiger partial charge on any atom is 0.333 e. The van der Waals surface area contributed by atoms with Crippen molar-refractivity contribution in [2.75, 3.05) is 0 Å². The van der Waals surface area contributed by atoms with Crippen LogP contribution in [0.1, 0.15) is 28.2 Å². The smallest absolute Gasteiger partial charge is 0.333 e. The number of hydrogen-bond donors (Lipinski definition) is 3. The van der Waals surface area contributed by atoms with E-state index in [1.807, 2.05) is 12.1 Å². The van der Waals surface area contributed by atoms with Gasteiger partial charge in [0.25, 0.3) is 0 Å². The lowest BCUT2D eigenvalue weighted by atomic mass is 9.83. The first-order valence-electron chi connectivity index (χ1n) is 7.43. The van der Waals surface area contributed by atoms with Gasteiger partial charge in [-0.2, -0.15) is 0 Å². The van der Waals surface area contributed by atoms with E-state index in [4.69, 9.17) is 9.84 Å². The zero-order chi connectivity index (χ0) is 17.3. The summed E-state index contributed by atoms with van der Waals surface area (Å²) >= 11 is 0. The molecule has 1 aliphatic rings. The first-order valence-corrected chi connectivity index (χ1v) is 7.43. The van der Waals surface area contributed by atoms with E-state index in [1.54, 1.807) is 30.3 Å². The molecule has 0 aliphatic carbocycles. The zero-order valence-corrected chi connectivity index (χ0v) is 12.7. The van der Waals surface area contributed by atoms with E-state index in [9.17, 15) is 19.8 Å². The van der Waals surface area contributed by atoms with E-state index in [1.165, 1.54) is 0 Å². The molecule has 0 saturated heterocycles. The summed E-state index contributed by atoms with van der Waals surface area (Å²) in [5.74, 6) is -2.71. The van der Waals surface area contributed by atoms with Gasteiger partial charge in [0.1, 0.15) is 12.4 Å². The van der Waals surface area contributed by atoms with Crippen molar-refractivity contribution < 1.29 is 29.6 Å². The van der Waals surface area contributed by atoms with Crippen molar-refractivity contribution in [3.63, 3.8) is 0 Å². The van der Waals surface area contributed by atoms with Gasteiger partial charge < -0.3 is 20.1 Å². The highest BCUT2D eigenvalue weighted by molar-refractivity contribution is 5.75. The Bertz CT molecular complexity index is 798. The van der Waals surface area contributed by atoms with E-state index >= 15 is 0 Å². The Balaban J connectivity index is 2.17. The van der Waals surface area contributed by atoms with Gasteiger partial charge in [0, 0.05) is 11.5 Å². The Hall–Kier alpha value is -2.86. The quantitative estimate of drug-likeness (QED) is 0.790. The molecular weight excluding hydrogens is 312 g/mol. The number of carboxylic acid groups (broad SMARTS) is 2. The van der Waals surface area contributed by atoms with Gasteiger partial charge in [0.05, 0.1) is 6.42 Å². The summed E-state index contributed by atoms with van der Waals surface area (Å²) in [7, 11) is 0. The molecule has 2 unspecified atom stereocenters. The molecular formula is C18H16O6. The molecule has 0 saturated carbocycles. The van der Waals surface area contributed by atoms with E-state index < -0.39 is 24.0 Å². The molecule has 0 aromatic heterocycles. The summed E-state index contributed by atoms with van der Waals surface area (Å²) in [4.78, 5) is 22.4. The van der Waals surface area contributed by atoms with Crippen molar-refractivity contribution in [3.8, 4) is 5.75 Å². The Labute approximate surface area is 137 Å². The molecule has 1 aliphatic heterocycles. The van der Waals surface area contributed by atoms with Crippen molar-refractivity contribution >= 4 is 11.9 Å². The fourth-order valence-electron chi connectivity index (χ4n) is 3.03. The van der Waals surface area contributed by atoms with Crippen LogP contribution in [0.15, 0.2) is 42.5 Å². The third kappa shape index (κ3) is 2.96. The van der Waals surface area contributed by atoms with Crippen molar-refractivity contribution in [2.24, 2.45) is 0 Å². The fraction of sp³-hybridized carbons (Fsp3) is 0.222. The molecule has 1 heterocycles. The molecule has 3 N–H and O–H groups in total. The third-order valence-electron chi connectivity index (χ3n) is 4.11. The summed E-state index contributed by atoms with van der Waals surface area (Å²) in [6.45, 7) is 0.254. The van der Waals surface area contributed by atoms with E-state index in [2.05, 4.69) is 0 Å². The number of carbonyl (C=O) groups is 2. The lowest BCUT2D eigenvalue weighted by Crippen LogP contribution is -2.29. The van der Waals surface area contributed by atoms with Crippen molar-refractivity contribution in [2.45, 2.75) is 25.0 Å². The van der Waals surface area contributed by atoms with E-state index in [0.717, 1.165) is 5.56 Å². The zero-order valence-electron chi connectivity index (χ0n) is 12.7. The minimum Gasteiger partial charge on any atom is -0.489 e. The summed E-state index contributed by atoms with van der Waals surface area (Å²) < 4.78 is 5.74. The summed E-state index contributed by atoms with van der Waals surface area (Å²) in [5, 5.41) is 28.6. The van der Waals surface area contributed by atoms with Crippen LogP contribution in [0.4, 0.5) is 0 Å². The van der Waals surface area contributed by atoms with Crippen LogP contribution in [0.3, 0.4) is 0 Å². The molecule has 0 bridgehead atoms. The molecule has 6 heteroatoms. The molecule has 2 aromatic carbocycles. The maximum absolute atomic E-state index is 11.4. The highest BCUT2D eigenvalue weighted by Crippen LogP contribution is 2.40. The van der Waals surface area contributed by atoms with Crippen LogP contribution >= 0.6 is 0 Å². The van der Waals surface area contributed by atoms with Gasteiger partial charge >= 0.3 is 11.9 Å². The monoisotopic (exact) mass is 328 g/mol. The molecule has 0 spiro atoms. The second-order valence-corrected chi connectivity index (χ2v) is 5.69. The van der Waals surface area contributed by atoms with Crippen LogP contribution in [0, 0.1) is 0 Å². The van der Waals surface area contributed by atoms with Gasteiger partial charge in [-0.3, -0.25) is 4.79 Å². The largest absolute Gasteiger partial charge is 0.489 e. The van der Waals surface area contributed by atoms with Crippen LogP contribution < -0.4 is 4.74 Å². The lowest BCUT2D eigenvalue weighted by Gasteiger charge is -2.22. The molecule has 6 nitrogen and oxygen atoms in total. The molecule has 2 atom stereocenters. The Morgan fingerprint density at radius 2 is 1.88 bits per heavy atom. The SMILES string of the molecule is O=C(O)Cc1ccc2c(c1)C(C(O)C(=O)O)c1ccccc1CO2. The van der Waals surface area contributed by atoms with E-state index in [-0.39, 0.29) is 13.0 Å². The summed E-state index contributed by atoms with van der Waals surface area (Å²) in [6.07, 6.45) is -1.85. The first-order chi connectivity index (χ1) is 11.5. The minimum absolute atomic E-state index is 0.190. The molecule has 0 amide bonds. The number of aliphatic hydroxyl groups excluding tert-OH is 1. The number of rotatable bonds is 4. The standard InChI is InChI=1S/C18H16O6/c19-15(20)8-10-5-6-14-13(7-10)16(17(21)18(22)23)12-4-2-1-3-11(12)9-24-14/h1-7,16-17,21H,8-9H2,(H,19,20)(H,22,23). The number of aliphatic carboxylic acids is 2. The van der Waals surface area contributed by atoms with Crippen molar-refractivity contribution in [1.82, 2.24) is 0 Å². The fourth-order valence-corrected chi connectivity index (χ4v) is 3.03. The van der Waals surface area contributed by atoms with Crippen LogP contribution in [0.25, 0.3) is 0 Å². The van der Waals surface area contributed by atoms with Crippen LogP contribution in [-0.4, -0.2) is 33.4 Å². The van der Waals surface area contributed by atoms with Gasteiger partial charge in [-0.05, 0) is 22.8 Å². The minimum atomic E-state index is -1.66. The highest BCUT2D eigenvalue weighted by atomic mass is 16.5. The Morgan fingerprint density at radius 3 is 2.58 bits per heavy atom. The second kappa shape index (κ2) is 6.33. The van der Waals surface area contributed by atoms with Gasteiger partial charge in [-0.25, -0.2) is 4.79 Å². The predicted molar refractivity (Wildman–Crippen MR) is 84.0 cm³/mol. The first kappa shape index (κ1) is 16.0. The number of carboxylic acids is 2. The highest BCUT2D eigenvalue weighted by Gasteiger charge is 2.34. The molecule has 3 rings (SSSR count). The topological polar surface area (TPSA) is 104 Å². The van der Waals surface area contributed by atoms with Gasteiger partial charge in [-0.1, -0.05) is 36.4 Å². The Kier molecular flexibility index (Phi) is 4.22. The second-order valence-electron chi connectivity index (χ2n) is 5.69. The number of hydrogen-bond acceptors (Lipinski definition) is 4. The van der Waals surface area contributed by atoms with Crippen LogP contribution in [0.5, 0.6) is 5.75 Å². The lowest BCUT2D eigenvalue weighted by molar-refractivity contribution is -0.147. The number of ether oxygens (including phenoxy) is 1. The van der Waals surface area contributed by atoms with Gasteiger partial charge in [0.2, 0.25) is 0 Å². The average molecular weight is 328 g/mol. The average Bonchev–Trinajstić information content (AvgIpc) is 2.70. The van der Waals surface area contributed by atoms with Gasteiger partial charge in [0.15, 0.2) is 6.10 Å². The Morgan fingerprint density at radius 1 is 1.12 bits per heavy atom. The molecule has 0 fully saturated rings. The van der Waals surface area contributed by atoms with Crippen molar-refractivity contribution in [3.05, 3.63) is 64.7 Å². The van der Waals surface area contributed by atoms with E-state index in [0.29, 0.717) is 22.4 Å². The predicted octanol–water partition coefficient (Wildman–Crippen LogP) is 1.78. The molecule has 24 heavy (non-hydrogen) atoms. The van der Waals surface area contributed by atoms with Crippen LogP contribution in [0.2, 0.25) is 0 Å². The van der Waals surface area contributed by atoms with Crippen LogP contribution in [-0.2, 0) is 22.6 Å². The van der Waals surface area contributed by atoms with Crippen molar-refractivity contribution in [1.29, 1.82) is 0 Å².